The van der Waals surface area contributed by atoms with Crippen LogP contribution < -0.4 is 0 Å². The minimum atomic E-state index is -0.540. The summed E-state index contributed by atoms with van der Waals surface area (Å²) in [6.07, 6.45) is 1.88. The second-order valence-corrected chi connectivity index (χ2v) is 5.18. The molecule has 0 bridgehead atoms. The van der Waals surface area contributed by atoms with Gasteiger partial charge in [0.15, 0.2) is 5.82 Å². The molecule has 0 amide bonds. The van der Waals surface area contributed by atoms with E-state index in [1.807, 2.05) is 13.8 Å². The summed E-state index contributed by atoms with van der Waals surface area (Å²) in [5.74, 6) is 0.246. The van der Waals surface area contributed by atoms with Gasteiger partial charge in [-0.3, -0.25) is 10.1 Å². The molecule has 2 rings (SSSR count). The summed E-state index contributed by atoms with van der Waals surface area (Å²) in [5, 5.41) is 22.7. The second kappa shape index (κ2) is 10.3. The average molecular weight is 402 g/mol. The van der Waals surface area contributed by atoms with E-state index in [2.05, 4.69) is 25.7 Å². The van der Waals surface area contributed by atoms with E-state index in [1.165, 1.54) is 36.4 Å². The average Bonchev–Trinajstić information content (AvgIpc) is 2.63. The van der Waals surface area contributed by atoms with Crippen LogP contribution in [0.15, 0.2) is 57.9 Å². The Kier molecular flexibility index (Phi) is 8.44. The van der Waals surface area contributed by atoms with Gasteiger partial charge in [0.2, 0.25) is 0 Å². The zero-order chi connectivity index (χ0) is 18.2. The van der Waals surface area contributed by atoms with Crippen molar-refractivity contribution >= 4 is 23.0 Å². The molecule has 1 aromatic heterocycles. The van der Waals surface area contributed by atoms with Crippen LogP contribution in [0, 0.1) is 21.8 Å². The van der Waals surface area contributed by atoms with Gasteiger partial charge in [-0.25, -0.2) is 9.37 Å². The first-order chi connectivity index (χ1) is 12.0. The molecule has 1 aromatic carbocycles. The number of benzene rings is 1. The Morgan fingerprint density at radius 1 is 1.31 bits per heavy atom. The predicted molar refractivity (Wildman–Crippen MR) is 91.7 cm³/mol. The number of azo groups is 1. The van der Waals surface area contributed by atoms with Crippen LogP contribution in [0.1, 0.15) is 20.3 Å². The maximum Gasteiger partial charge on any atom is 0.287 e. The first-order valence-electron chi connectivity index (χ1n) is 7.56. The van der Waals surface area contributed by atoms with Crippen molar-refractivity contribution in [2.24, 2.45) is 21.2 Å². The van der Waals surface area contributed by atoms with Gasteiger partial charge >= 0.3 is 0 Å². The molecule has 1 atom stereocenters. The fourth-order valence-electron chi connectivity index (χ4n) is 1.66. The van der Waals surface area contributed by atoms with Crippen molar-refractivity contribution < 1.29 is 25.8 Å². The van der Waals surface area contributed by atoms with Crippen molar-refractivity contribution in [1.29, 1.82) is 0 Å². The van der Waals surface area contributed by atoms with Crippen molar-refractivity contribution in [2.45, 2.75) is 20.3 Å². The van der Waals surface area contributed by atoms with E-state index in [4.69, 9.17) is 0 Å². The summed E-state index contributed by atoms with van der Waals surface area (Å²) in [6.45, 7) is 3.89. The maximum absolute atomic E-state index is 12.9. The molecular weight excluding hydrogens is 386 g/mol. The van der Waals surface area contributed by atoms with E-state index in [0.717, 1.165) is 12.6 Å². The summed E-state index contributed by atoms with van der Waals surface area (Å²) in [7, 11) is 0. The molecule has 0 fully saturated rings. The molecule has 2 aromatic rings. The van der Waals surface area contributed by atoms with Crippen molar-refractivity contribution in [3.05, 3.63) is 64.0 Å². The molecular formula is C16H16FN6NiO2-. The molecule has 0 saturated heterocycles. The molecule has 0 aliphatic heterocycles. The van der Waals surface area contributed by atoms with Crippen molar-refractivity contribution in [3.63, 3.8) is 0 Å². The number of hydrogen-bond donors (Lipinski definition) is 0. The van der Waals surface area contributed by atoms with Gasteiger partial charge in [-0.05, 0) is 24.6 Å². The van der Waals surface area contributed by atoms with E-state index in [9.17, 15) is 14.5 Å². The van der Waals surface area contributed by atoms with Gasteiger partial charge in [0.25, 0.3) is 5.69 Å². The zero-order valence-electron chi connectivity index (χ0n) is 14.0. The Morgan fingerprint density at radius 2 is 2.00 bits per heavy atom. The monoisotopic (exact) mass is 401 g/mol. The number of aromatic nitrogens is 1. The minimum absolute atomic E-state index is 0. The minimum Gasteiger partial charge on any atom is -0.574 e. The molecule has 8 nitrogen and oxygen atoms in total. The first kappa shape index (κ1) is 21.3. The molecule has 0 radical (unpaired) electrons. The Balaban J connectivity index is 0.00000338. The van der Waals surface area contributed by atoms with Crippen LogP contribution in [0.4, 0.5) is 21.6 Å². The third-order valence-corrected chi connectivity index (χ3v) is 3.35. The first-order valence-corrected chi connectivity index (χ1v) is 7.56. The summed E-state index contributed by atoms with van der Waals surface area (Å²) in [6, 6.07) is 8.28. The van der Waals surface area contributed by atoms with Crippen LogP contribution in [0.3, 0.4) is 0 Å². The smallest absolute Gasteiger partial charge is 0.287 e. The van der Waals surface area contributed by atoms with Crippen molar-refractivity contribution in [3.8, 4) is 0 Å². The molecule has 0 aliphatic rings. The Bertz CT molecular complexity index is 780. The summed E-state index contributed by atoms with van der Waals surface area (Å²) < 4.78 is 12.9. The van der Waals surface area contributed by atoms with Gasteiger partial charge in [0.1, 0.15) is 17.8 Å². The van der Waals surface area contributed by atoms with E-state index in [1.54, 1.807) is 0 Å². The van der Waals surface area contributed by atoms with Crippen LogP contribution in [0.25, 0.3) is 5.43 Å². The molecule has 0 N–H and O–H groups in total. The summed E-state index contributed by atoms with van der Waals surface area (Å²) in [5.41, 5.74) is 4.39. The Hall–Kier alpha value is -2.74. The van der Waals surface area contributed by atoms with E-state index >= 15 is 0 Å². The number of rotatable bonds is 6. The van der Waals surface area contributed by atoms with Gasteiger partial charge in [0, 0.05) is 28.5 Å². The predicted octanol–water partition coefficient (Wildman–Crippen LogP) is 5.28. The largest absolute Gasteiger partial charge is 0.574 e. The normalized spacial score (nSPS) is 12.5. The third kappa shape index (κ3) is 6.29. The van der Waals surface area contributed by atoms with Crippen LogP contribution in [0.2, 0.25) is 0 Å². The van der Waals surface area contributed by atoms with Gasteiger partial charge in [-0.15, -0.1) is 15.9 Å². The van der Waals surface area contributed by atoms with Crippen molar-refractivity contribution in [2.75, 3.05) is 0 Å². The van der Waals surface area contributed by atoms with Crippen molar-refractivity contribution in [1.82, 2.24) is 4.98 Å². The maximum atomic E-state index is 12.9. The molecule has 0 aliphatic carbocycles. The third-order valence-electron chi connectivity index (χ3n) is 3.35. The number of nitrogens with zero attached hydrogens (tertiary/aromatic N) is 6. The van der Waals surface area contributed by atoms with Gasteiger partial charge in [-0.1, -0.05) is 26.0 Å². The van der Waals surface area contributed by atoms with Crippen LogP contribution >= 0.6 is 0 Å². The standard InChI is InChI=1S/C16H16FN6O2.Ni/c1-3-11(2)16(21-19-13-6-4-12(17)5-7-13)22-20-15-9-8-14(10-18-15)23(24)25;/h4-11H,3H2,1-2H3;/q-1;/b21-16-,22-20?;. The quantitative estimate of drug-likeness (QED) is 0.164. The van der Waals surface area contributed by atoms with E-state index < -0.39 is 4.92 Å². The van der Waals surface area contributed by atoms with Crippen LogP contribution in [0.5, 0.6) is 0 Å². The summed E-state index contributed by atoms with van der Waals surface area (Å²) >= 11 is 0. The zero-order valence-corrected chi connectivity index (χ0v) is 15.0. The van der Waals surface area contributed by atoms with Crippen LogP contribution in [-0.2, 0) is 16.5 Å². The Labute approximate surface area is 159 Å². The number of hydrogen-bond acceptors (Lipinski definition) is 5. The topological polar surface area (TPSA) is 107 Å². The molecule has 1 heterocycles. The number of pyridine rings is 1. The van der Waals surface area contributed by atoms with Crippen LogP contribution in [-0.4, -0.2) is 15.7 Å². The van der Waals surface area contributed by atoms with Gasteiger partial charge in [0.05, 0.1) is 4.92 Å². The molecule has 26 heavy (non-hydrogen) atoms. The second-order valence-electron chi connectivity index (χ2n) is 5.18. The SMILES string of the molecule is CCC(C)/C(N=Nc1ccc([N+](=O)[O-])cn1)=N/[N-]c1ccc(F)cc1.[Ni]. The molecule has 1 unspecified atom stereocenters. The van der Waals surface area contributed by atoms with E-state index in [0.29, 0.717) is 11.5 Å². The molecule has 0 spiro atoms. The van der Waals surface area contributed by atoms with Gasteiger partial charge in [-0.2, -0.15) is 0 Å². The Morgan fingerprint density at radius 3 is 2.54 bits per heavy atom. The fourth-order valence-corrected chi connectivity index (χ4v) is 1.66. The molecule has 10 heteroatoms. The molecule has 140 valence electrons. The molecule has 0 saturated carbocycles. The van der Waals surface area contributed by atoms with Gasteiger partial charge < -0.3 is 10.5 Å². The summed E-state index contributed by atoms with van der Waals surface area (Å²) in [4.78, 5) is 13.9. The number of amidine groups is 1. The van der Waals surface area contributed by atoms with E-state index in [-0.39, 0.29) is 39.7 Å². The number of halogens is 1. The fraction of sp³-hybridized carbons (Fsp3) is 0.250. The number of nitro groups is 1.